The number of phenolic OH excluding ortho intramolecular Hbond substituents is 1. The maximum Gasteiger partial charge on any atom is 0.251 e. The van der Waals surface area contributed by atoms with Gasteiger partial charge in [-0.25, -0.2) is 0 Å². The van der Waals surface area contributed by atoms with E-state index >= 15 is 0 Å². The Hall–Kier alpha value is -1.84. The highest BCUT2D eigenvalue weighted by molar-refractivity contribution is 5.95. The van der Waals surface area contributed by atoms with Crippen LogP contribution in [0.25, 0.3) is 0 Å². The third kappa shape index (κ3) is 2.88. The molecule has 0 aliphatic heterocycles. The molecule has 0 atom stereocenters. The summed E-state index contributed by atoms with van der Waals surface area (Å²) in [6.07, 6.45) is 2.56. The van der Waals surface area contributed by atoms with E-state index in [1.165, 1.54) is 6.07 Å². The minimum Gasteiger partial charge on any atom is -0.508 e. The number of carbonyl (C=O) groups excluding carboxylic acids is 2. The molecule has 18 heavy (non-hydrogen) atoms. The molecule has 4 nitrogen and oxygen atoms in total. The molecule has 1 aromatic carbocycles. The van der Waals surface area contributed by atoms with E-state index in [2.05, 4.69) is 5.32 Å². The van der Waals surface area contributed by atoms with Crippen molar-refractivity contribution in [2.45, 2.75) is 38.6 Å². The zero-order valence-corrected chi connectivity index (χ0v) is 10.4. The number of rotatable bonds is 2. The first-order chi connectivity index (χ1) is 8.56. The van der Waals surface area contributed by atoms with Gasteiger partial charge < -0.3 is 10.4 Å². The lowest BCUT2D eigenvalue weighted by atomic mass is 9.94. The number of nitrogens with one attached hydrogen (secondary N) is 1. The highest BCUT2D eigenvalue weighted by Crippen LogP contribution is 2.18. The van der Waals surface area contributed by atoms with Crippen LogP contribution in [0.3, 0.4) is 0 Å². The highest BCUT2D eigenvalue weighted by atomic mass is 16.3. The van der Waals surface area contributed by atoms with Crippen LogP contribution >= 0.6 is 0 Å². The van der Waals surface area contributed by atoms with E-state index in [1.54, 1.807) is 19.1 Å². The Balaban J connectivity index is 1.99. The fourth-order valence-electron chi connectivity index (χ4n) is 2.15. The van der Waals surface area contributed by atoms with E-state index in [-0.39, 0.29) is 23.5 Å². The van der Waals surface area contributed by atoms with Gasteiger partial charge in [-0.05, 0) is 43.5 Å². The molecule has 96 valence electrons. The largest absolute Gasteiger partial charge is 0.508 e. The van der Waals surface area contributed by atoms with E-state index < -0.39 is 0 Å². The maximum atomic E-state index is 12.0. The van der Waals surface area contributed by atoms with Crippen LogP contribution in [-0.4, -0.2) is 22.8 Å². The monoisotopic (exact) mass is 247 g/mol. The van der Waals surface area contributed by atoms with Gasteiger partial charge in [0.15, 0.2) is 0 Å². The third-order valence-electron chi connectivity index (χ3n) is 3.34. The first-order valence-electron chi connectivity index (χ1n) is 6.18. The fraction of sp³-hybridized carbons (Fsp3) is 0.429. The van der Waals surface area contributed by atoms with Gasteiger partial charge in [0, 0.05) is 24.4 Å². The second kappa shape index (κ2) is 5.21. The molecule has 2 N–H and O–H groups in total. The molecule has 1 amide bonds. The number of aromatic hydroxyl groups is 1. The summed E-state index contributed by atoms with van der Waals surface area (Å²) in [6.45, 7) is 1.76. The first-order valence-corrected chi connectivity index (χ1v) is 6.18. The lowest BCUT2D eigenvalue weighted by Gasteiger charge is -2.22. The lowest BCUT2D eigenvalue weighted by molar-refractivity contribution is -0.120. The van der Waals surface area contributed by atoms with Gasteiger partial charge in [0.1, 0.15) is 11.5 Å². The second-order valence-corrected chi connectivity index (χ2v) is 4.79. The number of hydrogen-bond donors (Lipinski definition) is 2. The number of benzene rings is 1. The molecule has 1 aromatic rings. The predicted molar refractivity (Wildman–Crippen MR) is 67.6 cm³/mol. The Morgan fingerprint density at radius 1 is 1.33 bits per heavy atom. The maximum absolute atomic E-state index is 12.0. The van der Waals surface area contributed by atoms with Crippen LogP contribution in [-0.2, 0) is 4.79 Å². The molecule has 1 fully saturated rings. The quantitative estimate of drug-likeness (QED) is 0.839. The molecule has 0 unspecified atom stereocenters. The van der Waals surface area contributed by atoms with E-state index in [1.807, 2.05) is 0 Å². The molecule has 0 spiro atoms. The second-order valence-electron chi connectivity index (χ2n) is 4.79. The summed E-state index contributed by atoms with van der Waals surface area (Å²) in [5.41, 5.74) is 1.23. The van der Waals surface area contributed by atoms with Gasteiger partial charge in [0.25, 0.3) is 5.91 Å². The van der Waals surface area contributed by atoms with Crippen molar-refractivity contribution in [2.24, 2.45) is 0 Å². The number of amides is 1. The number of hydrogen-bond acceptors (Lipinski definition) is 3. The Kier molecular flexibility index (Phi) is 3.65. The van der Waals surface area contributed by atoms with E-state index in [0.29, 0.717) is 24.0 Å². The molecule has 1 saturated carbocycles. The average molecular weight is 247 g/mol. The number of ketones is 1. The first kappa shape index (κ1) is 12.6. The van der Waals surface area contributed by atoms with Gasteiger partial charge in [0.2, 0.25) is 0 Å². The van der Waals surface area contributed by atoms with Gasteiger partial charge in [-0.2, -0.15) is 0 Å². The van der Waals surface area contributed by atoms with Gasteiger partial charge in [-0.3, -0.25) is 9.59 Å². The Morgan fingerprint density at radius 3 is 2.61 bits per heavy atom. The molecular weight excluding hydrogens is 230 g/mol. The summed E-state index contributed by atoms with van der Waals surface area (Å²) in [4.78, 5) is 23.1. The molecule has 4 heteroatoms. The van der Waals surface area contributed by atoms with Crippen molar-refractivity contribution in [2.75, 3.05) is 0 Å². The highest BCUT2D eigenvalue weighted by Gasteiger charge is 2.20. The molecule has 0 saturated heterocycles. The Morgan fingerprint density at radius 2 is 2.00 bits per heavy atom. The van der Waals surface area contributed by atoms with Crippen molar-refractivity contribution in [3.8, 4) is 5.75 Å². The van der Waals surface area contributed by atoms with Crippen LogP contribution in [0.2, 0.25) is 0 Å². The zero-order chi connectivity index (χ0) is 13.1. The SMILES string of the molecule is Cc1cc(C(=O)NC2CCC(=O)CC2)ccc1O. The molecule has 2 rings (SSSR count). The fourth-order valence-corrected chi connectivity index (χ4v) is 2.15. The third-order valence-corrected chi connectivity index (χ3v) is 3.34. The lowest BCUT2D eigenvalue weighted by Crippen LogP contribution is -2.37. The van der Waals surface area contributed by atoms with Crippen LogP contribution in [0, 0.1) is 6.92 Å². The van der Waals surface area contributed by atoms with Crippen molar-refractivity contribution < 1.29 is 14.7 Å². The van der Waals surface area contributed by atoms with Gasteiger partial charge in [0.05, 0.1) is 0 Å². The molecular formula is C14H17NO3. The molecule has 1 aliphatic rings. The van der Waals surface area contributed by atoms with Crippen molar-refractivity contribution in [1.82, 2.24) is 5.32 Å². The summed E-state index contributed by atoms with van der Waals surface area (Å²) in [5, 5.41) is 12.3. The normalized spacial score (nSPS) is 16.6. The summed E-state index contributed by atoms with van der Waals surface area (Å²) in [5.74, 6) is 0.327. The van der Waals surface area contributed by atoms with Crippen molar-refractivity contribution in [1.29, 1.82) is 0 Å². The average Bonchev–Trinajstić information content (AvgIpc) is 2.35. The number of aryl methyl sites for hydroxylation is 1. The zero-order valence-electron chi connectivity index (χ0n) is 10.4. The molecule has 0 aromatic heterocycles. The molecule has 0 radical (unpaired) electrons. The van der Waals surface area contributed by atoms with Crippen LogP contribution in [0.15, 0.2) is 18.2 Å². The Labute approximate surface area is 106 Å². The van der Waals surface area contributed by atoms with Gasteiger partial charge >= 0.3 is 0 Å². The topological polar surface area (TPSA) is 66.4 Å². The van der Waals surface area contributed by atoms with E-state index in [9.17, 15) is 14.7 Å². The summed E-state index contributed by atoms with van der Waals surface area (Å²) >= 11 is 0. The summed E-state index contributed by atoms with van der Waals surface area (Å²) in [7, 11) is 0. The molecule has 0 heterocycles. The predicted octanol–water partition coefficient (Wildman–Crippen LogP) is 1.94. The van der Waals surface area contributed by atoms with Crippen LogP contribution < -0.4 is 5.32 Å². The summed E-state index contributed by atoms with van der Waals surface area (Å²) in [6, 6.07) is 4.88. The Bertz CT molecular complexity index is 472. The van der Waals surface area contributed by atoms with E-state index in [0.717, 1.165) is 12.8 Å². The minimum atomic E-state index is -0.141. The van der Waals surface area contributed by atoms with Crippen molar-refractivity contribution in [3.63, 3.8) is 0 Å². The van der Waals surface area contributed by atoms with Crippen molar-refractivity contribution in [3.05, 3.63) is 29.3 Å². The summed E-state index contributed by atoms with van der Waals surface area (Å²) < 4.78 is 0. The van der Waals surface area contributed by atoms with Crippen LogP contribution in [0.4, 0.5) is 0 Å². The van der Waals surface area contributed by atoms with E-state index in [4.69, 9.17) is 0 Å². The van der Waals surface area contributed by atoms with Gasteiger partial charge in [-0.15, -0.1) is 0 Å². The number of phenols is 1. The van der Waals surface area contributed by atoms with Crippen molar-refractivity contribution >= 4 is 11.7 Å². The smallest absolute Gasteiger partial charge is 0.251 e. The number of carbonyl (C=O) groups is 2. The van der Waals surface area contributed by atoms with Crippen LogP contribution in [0.5, 0.6) is 5.75 Å². The van der Waals surface area contributed by atoms with Gasteiger partial charge in [-0.1, -0.05) is 0 Å². The molecule has 1 aliphatic carbocycles. The standard InChI is InChI=1S/C14H17NO3/c1-9-8-10(2-7-13(9)17)14(18)15-11-3-5-12(16)6-4-11/h2,7-8,11,17H,3-6H2,1H3,(H,15,18). The number of Topliss-reactive ketones (excluding diaryl/α,β-unsaturated/α-hetero) is 1. The van der Waals surface area contributed by atoms with Crippen LogP contribution in [0.1, 0.15) is 41.6 Å². The molecule has 0 bridgehead atoms. The minimum absolute atomic E-state index is 0.0873.